The molecule has 9 heteroatoms. The van der Waals surface area contributed by atoms with Crippen LogP contribution < -0.4 is 0 Å². The highest BCUT2D eigenvalue weighted by atomic mass is 35.5. The number of hydrogen-bond acceptors (Lipinski definition) is 5. The topological polar surface area (TPSA) is 93.1 Å². The molecule has 2 atom stereocenters. The molecule has 0 saturated heterocycles. The largest absolute Gasteiger partial charge is 0.481 e. The molecule has 0 unspecified atom stereocenters. The minimum absolute atomic E-state index is 0.122. The molecule has 1 aliphatic carbocycles. The van der Waals surface area contributed by atoms with Gasteiger partial charge >= 0.3 is 18.0 Å². The minimum Gasteiger partial charge on any atom is -0.481 e. The Hall–Kier alpha value is -2.77. The second kappa shape index (κ2) is 10.7. The number of benzene rings is 2. The van der Waals surface area contributed by atoms with E-state index >= 15 is 0 Å². The lowest BCUT2D eigenvalue weighted by Gasteiger charge is -2.36. The molecule has 2 aromatic carbocycles. The molecule has 1 N–H and O–H groups in total. The van der Waals surface area contributed by atoms with E-state index in [1.165, 1.54) is 4.90 Å². The molecule has 0 aliphatic heterocycles. The van der Waals surface area contributed by atoms with Gasteiger partial charge in [-0.1, -0.05) is 53.5 Å². The summed E-state index contributed by atoms with van der Waals surface area (Å²) in [5.74, 6) is -1.72. The van der Waals surface area contributed by atoms with Crippen LogP contribution in [0.25, 0.3) is 0 Å². The summed E-state index contributed by atoms with van der Waals surface area (Å²) in [7, 11) is 1.63. The SMILES string of the molecule is CN(C(=O)OCOC(=O)CCC(=O)O)[C@H]1CC[C@@H](c2ccc(Cl)c(Cl)c2)c2ccccc21. The first-order valence-corrected chi connectivity index (χ1v) is 10.8. The zero-order valence-electron chi connectivity index (χ0n) is 17.4. The molecular weight excluding hydrogens is 457 g/mol. The molecule has 2 aromatic rings. The first-order chi connectivity index (χ1) is 15.3. The van der Waals surface area contributed by atoms with Crippen molar-refractivity contribution in [3.8, 4) is 0 Å². The van der Waals surface area contributed by atoms with Crippen molar-refractivity contribution in [2.75, 3.05) is 13.8 Å². The van der Waals surface area contributed by atoms with Crippen molar-refractivity contribution >= 4 is 41.2 Å². The number of rotatable bonds is 7. The number of carboxylic acid groups (broad SMARTS) is 1. The first-order valence-electron chi connectivity index (χ1n) is 10.1. The van der Waals surface area contributed by atoms with Gasteiger partial charge in [0.2, 0.25) is 6.79 Å². The summed E-state index contributed by atoms with van der Waals surface area (Å²) in [4.78, 5) is 36.0. The van der Waals surface area contributed by atoms with E-state index in [1.807, 2.05) is 36.4 Å². The Balaban J connectivity index is 1.67. The highest BCUT2D eigenvalue weighted by Gasteiger charge is 2.32. The van der Waals surface area contributed by atoms with Crippen LogP contribution in [-0.2, 0) is 19.1 Å². The summed E-state index contributed by atoms with van der Waals surface area (Å²) >= 11 is 12.3. The average molecular weight is 480 g/mol. The van der Waals surface area contributed by atoms with E-state index in [9.17, 15) is 14.4 Å². The predicted octanol–water partition coefficient (Wildman–Crippen LogP) is 5.39. The Bertz CT molecular complexity index is 1010. The predicted molar refractivity (Wildman–Crippen MR) is 119 cm³/mol. The molecule has 0 bridgehead atoms. The van der Waals surface area contributed by atoms with Crippen molar-refractivity contribution in [2.45, 2.75) is 37.6 Å². The zero-order chi connectivity index (χ0) is 23.3. The Morgan fingerprint density at radius 2 is 1.72 bits per heavy atom. The molecule has 170 valence electrons. The number of nitrogens with zero attached hydrogens (tertiary/aromatic N) is 1. The fourth-order valence-electron chi connectivity index (χ4n) is 3.90. The Kier molecular flexibility index (Phi) is 7.99. The Labute approximate surface area is 195 Å². The Morgan fingerprint density at radius 3 is 2.41 bits per heavy atom. The van der Waals surface area contributed by atoms with Gasteiger partial charge in [-0.3, -0.25) is 9.59 Å². The molecule has 0 spiro atoms. The summed E-state index contributed by atoms with van der Waals surface area (Å²) in [6, 6.07) is 13.3. The smallest absolute Gasteiger partial charge is 0.412 e. The second-order valence-electron chi connectivity index (χ2n) is 7.50. The second-order valence-corrected chi connectivity index (χ2v) is 8.31. The van der Waals surface area contributed by atoms with E-state index in [1.54, 1.807) is 13.1 Å². The number of aliphatic carboxylic acids is 1. The summed E-state index contributed by atoms with van der Waals surface area (Å²) in [6.45, 7) is -0.568. The van der Waals surface area contributed by atoms with E-state index in [4.69, 9.17) is 37.8 Å². The number of amides is 1. The standard InChI is InChI=1S/C23H23Cl2NO6/c1-26(23(30)32-13-31-22(29)11-10-21(27)28)20-9-7-15(16-4-2-3-5-17(16)20)14-6-8-18(24)19(25)12-14/h2-6,8,12,15,20H,7,9-11,13H2,1H3,(H,27,28)/t15-,20-/m0/s1. The van der Waals surface area contributed by atoms with Crippen LogP contribution in [0.15, 0.2) is 42.5 Å². The van der Waals surface area contributed by atoms with Crippen molar-refractivity contribution in [3.05, 3.63) is 69.2 Å². The highest BCUT2D eigenvalue weighted by molar-refractivity contribution is 6.42. The third-order valence-corrected chi connectivity index (χ3v) is 6.25. The lowest BCUT2D eigenvalue weighted by molar-refractivity contribution is -0.155. The number of carbonyl (C=O) groups is 3. The fraction of sp³-hybridized carbons (Fsp3) is 0.348. The van der Waals surface area contributed by atoms with Gasteiger partial charge in [0.25, 0.3) is 0 Å². The number of esters is 1. The van der Waals surface area contributed by atoms with Crippen LogP contribution in [0, 0.1) is 0 Å². The van der Waals surface area contributed by atoms with Gasteiger partial charge < -0.3 is 19.5 Å². The van der Waals surface area contributed by atoms with Crippen molar-refractivity contribution in [3.63, 3.8) is 0 Å². The summed E-state index contributed by atoms with van der Waals surface area (Å²) in [5, 5.41) is 9.58. The maximum atomic E-state index is 12.5. The minimum atomic E-state index is -1.10. The molecule has 1 amide bonds. The highest BCUT2D eigenvalue weighted by Crippen LogP contribution is 2.44. The number of hydrogen-bond donors (Lipinski definition) is 1. The normalized spacial score (nSPS) is 17.2. The molecule has 0 heterocycles. The van der Waals surface area contributed by atoms with Gasteiger partial charge in [0.15, 0.2) is 0 Å². The lowest BCUT2D eigenvalue weighted by Crippen LogP contribution is -2.35. The van der Waals surface area contributed by atoms with E-state index in [-0.39, 0.29) is 24.8 Å². The van der Waals surface area contributed by atoms with Crippen LogP contribution in [-0.4, -0.2) is 41.9 Å². The summed E-state index contributed by atoms with van der Waals surface area (Å²) < 4.78 is 9.82. The van der Waals surface area contributed by atoms with Gasteiger partial charge in [-0.2, -0.15) is 0 Å². The van der Waals surface area contributed by atoms with Crippen molar-refractivity contribution in [1.82, 2.24) is 4.90 Å². The van der Waals surface area contributed by atoms with E-state index < -0.39 is 24.8 Å². The zero-order valence-corrected chi connectivity index (χ0v) is 18.9. The molecule has 1 aliphatic rings. The average Bonchev–Trinajstić information content (AvgIpc) is 2.78. The number of fused-ring (bicyclic) bond motifs is 1. The lowest BCUT2D eigenvalue weighted by atomic mass is 9.76. The van der Waals surface area contributed by atoms with Gasteiger partial charge in [0, 0.05) is 13.0 Å². The molecular formula is C23H23Cl2NO6. The van der Waals surface area contributed by atoms with Crippen LogP contribution in [0.3, 0.4) is 0 Å². The Morgan fingerprint density at radius 1 is 1.00 bits per heavy atom. The molecule has 0 radical (unpaired) electrons. The van der Waals surface area contributed by atoms with Crippen molar-refractivity contribution in [2.24, 2.45) is 0 Å². The van der Waals surface area contributed by atoms with Gasteiger partial charge in [0.05, 0.1) is 28.9 Å². The van der Waals surface area contributed by atoms with Crippen LogP contribution in [0.1, 0.15) is 54.3 Å². The molecule has 3 rings (SSSR count). The van der Waals surface area contributed by atoms with Crippen LogP contribution in [0.4, 0.5) is 4.79 Å². The fourth-order valence-corrected chi connectivity index (χ4v) is 4.21. The van der Waals surface area contributed by atoms with Crippen LogP contribution >= 0.6 is 23.2 Å². The summed E-state index contributed by atoms with van der Waals surface area (Å²) in [5.41, 5.74) is 3.17. The van der Waals surface area contributed by atoms with E-state index in [2.05, 4.69) is 0 Å². The third kappa shape index (κ3) is 5.72. The maximum absolute atomic E-state index is 12.5. The number of carboxylic acids is 1. The van der Waals surface area contributed by atoms with Gasteiger partial charge in [-0.15, -0.1) is 0 Å². The maximum Gasteiger partial charge on any atom is 0.412 e. The molecule has 32 heavy (non-hydrogen) atoms. The molecule has 7 nitrogen and oxygen atoms in total. The molecule has 0 fully saturated rings. The number of ether oxygens (including phenoxy) is 2. The third-order valence-electron chi connectivity index (χ3n) is 5.51. The monoisotopic (exact) mass is 479 g/mol. The molecule has 0 aromatic heterocycles. The number of carbonyl (C=O) groups excluding carboxylic acids is 2. The van der Waals surface area contributed by atoms with Gasteiger partial charge in [-0.05, 0) is 41.7 Å². The number of halogens is 2. The van der Waals surface area contributed by atoms with Crippen LogP contribution in [0.2, 0.25) is 10.0 Å². The van der Waals surface area contributed by atoms with E-state index in [0.29, 0.717) is 16.5 Å². The first kappa shape index (κ1) is 23.9. The van der Waals surface area contributed by atoms with Crippen molar-refractivity contribution < 1.29 is 29.0 Å². The molecule has 0 saturated carbocycles. The van der Waals surface area contributed by atoms with Gasteiger partial charge in [-0.25, -0.2) is 4.79 Å². The van der Waals surface area contributed by atoms with Crippen molar-refractivity contribution in [1.29, 1.82) is 0 Å². The summed E-state index contributed by atoms with van der Waals surface area (Å²) in [6.07, 6.45) is 0.233. The van der Waals surface area contributed by atoms with Gasteiger partial charge in [0.1, 0.15) is 0 Å². The van der Waals surface area contributed by atoms with E-state index in [0.717, 1.165) is 23.1 Å². The van der Waals surface area contributed by atoms with Crippen LogP contribution in [0.5, 0.6) is 0 Å². The quantitative estimate of drug-likeness (QED) is 0.422.